The summed E-state index contributed by atoms with van der Waals surface area (Å²) in [6, 6.07) is 0. The summed E-state index contributed by atoms with van der Waals surface area (Å²) < 4.78 is 1.68. The van der Waals surface area contributed by atoms with Crippen LogP contribution in [0, 0.1) is 11.7 Å². The molecule has 2 aromatic heterocycles. The Kier molecular flexibility index (Phi) is 2.73. The van der Waals surface area contributed by atoms with Gasteiger partial charge in [-0.15, -0.1) is 0 Å². The lowest BCUT2D eigenvalue weighted by Gasteiger charge is -2.05. The lowest BCUT2D eigenvalue weighted by molar-refractivity contribution is 0.100. The monoisotopic (exact) mass is 236 g/mol. The van der Waals surface area contributed by atoms with E-state index in [2.05, 4.69) is 25.6 Å². The van der Waals surface area contributed by atoms with Crippen molar-refractivity contribution in [3.63, 3.8) is 0 Å². The van der Waals surface area contributed by atoms with E-state index in [0.29, 0.717) is 10.6 Å². The highest BCUT2D eigenvalue weighted by atomic mass is 32.1. The van der Waals surface area contributed by atoms with Crippen LogP contribution in [0.3, 0.4) is 0 Å². The van der Waals surface area contributed by atoms with Crippen molar-refractivity contribution in [2.24, 2.45) is 0 Å². The van der Waals surface area contributed by atoms with Crippen LogP contribution in [-0.2, 0) is 0 Å². The number of nitrogens with zero attached hydrogens (tertiary/aromatic N) is 4. The molecule has 2 aromatic rings. The van der Waals surface area contributed by atoms with E-state index in [-0.39, 0.29) is 5.69 Å². The fourth-order valence-electron chi connectivity index (χ4n) is 1.08. The maximum absolute atomic E-state index is 11.7. The Morgan fingerprint density at radius 2 is 2.38 bits per heavy atom. The molecule has 0 aliphatic heterocycles. The van der Waals surface area contributed by atoms with Crippen molar-refractivity contribution in [2.75, 3.05) is 5.43 Å². The normalized spacial score (nSPS) is 10.1. The number of aryl methyl sites for hydroxylation is 1. The first-order valence-corrected chi connectivity index (χ1v) is 4.80. The third kappa shape index (κ3) is 1.96. The number of nitrogens with one attached hydrogen (secondary N) is 2. The van der Waals surface area contributed by atoms with Crippen molar-refractivity contribution in [1.29, 1.82) is 0 Å². The molecule has 82 valence electrons. The van der Waals surface area contributed by atoms with E-state index in [4.69, 9.17) is 12.2 Å². The second kappa shape index (κ2) is 4.19. The molecule has 1 amide bonds. The minimum absolute atomic E-state index is 0.213. The van der Waals surface area contributed by atoms with E-state index in [0.717, 1.165) is 0 Å². The zero-order valence-corrected chi connectivity index (χ0v) is 9.15. The van der Waals surface area contributed by atoms with E-state index >= 15 is 0 Å². The van der Waals surface area contributed by atoms with Crippen molar-refractivity contribution in [1.82, 2.24) is 24.8 Å². The molecule has 2 heterocycles. The van der Waals surface area contributed by atoms with Gasteiger partial charge in [-0.3, -0.25) is 20.3 Å². The molecule has 0 fully saturated rings. The van der Waals surface area contributed by atoms with Crippen molar-refractivity contribution in [3.8, 4) is 0 Å². The molecule has 0 saturated heterocycles. The number of carbonyl (C=O) groups excluding carboxylic acids is 1. The Hall–Kier alpha value is -2.09. The van der Waals surface area contributed by atoms with Crippen LogP contribution in [0.2, 0.25) is 0 Å². The minimum Gasteiger partial charge on any atom is -0.266 e. The second-order valence-corrected chi connectivity index (χ2v) is 3.33. The van der Waals surface area contributed by atoms with Gasteiger partial charge in [0.05, 0.1) is 6.20 Å². The number of amides is 1. The maximum atomic E-state index is 11.7. The number of rotatable bonds is 2. The predicted molar refractivity (Wildman–Crippen MR) is 57.9 cm³/mol. The van der Waals surface area contributed by atoms with Gasteiger partial charge >= 0.3 is 0 Å². The lowest BCUT2D eigenvalue weighted by atomic mass is 10.4. The van der Waals surface area contributed by atoms with E-state index in [1.807, 2.05) is 0 Å². The van der Waals surface area contributed by atoms with Crippen molar-refractivity contribution >= 4 is 18.1 Å². The molecule has 7 nitrogen and oxygen atoms in total. The molecule has 0 unspecified atom stereocenters. The number of aromatic nitrogens is 5. The van der Waals surface area contributed by atoms with Gasteiger partial charge in [0.15, 0.2) is 0 Å². The standard InChI is InChI=1S/C8H8N6OS/c1-5-11-12-8(16)14(5)13-7(15)6-4-9-2-3-10-6/h2-4H,1H3,(H,12,16)(H,13,15). The molecule has 0 aromatic carbocycles. The van der Waals surface area contributed by atoms with Gasteiger partial charge in [0.25, 0.3) is 5.91 Å². The van der Waals surface area contributed by atoms with E-state index < -0.39 is 5.91 Å². The summed E-state index contributed by atoms with van der Waals surface area (Å²) in [6.45, 7) is 1.71. The van der Waals surface area contributed by atoms with Gasteiger partial charge in [-0.1, -0.05) is 0 Å². The summed E-state index contributed by atoms with van der Waals surface area (Å²) in [6.07, 6.45) is 4.30. The fourth-order valence-corrected chi connectivity index (χ4v) is 1.31. The number of carbonyl (C=O) groups is 1. The SMILES string of the molecule is Cc1n[nH]c(=S)n1NC(=O)c1cnccn1. The van der Waals surface area contributed by atoms with Crippen LogP contribution in [-0.4, -0.2) is 30.7 Å². The summed E-state index contributed by atoms with van der Waals surface area (Å²) in [5, 5.41) is 6.42. The van der Waals surface area contributed by atoms with Crippen molar-refractivity contribution < 1.29 is 4.79 Å². The highest BCUT2D eigenvalue weighted by molar-refractivity contribution is 7.71. The molecule has 0 atom stereocenters. The summed E-state index contributed by atoms with van der Waals surface area (Å²) in [5.41, 5.74) is 2.77. The van der Waals surface area contributed by atoms with Crippen LogP contribution in [0.4, 0.5) is 0 Å². The van der Waals surface area contributed by atoms with Gasteiger partial charge in [0.2, 0.25) is 4.77 Å². The van der Waals surface area contributed by atoms with Gasteiger partial charge in [0, 0.05) is 12.4 Å². The molecule has 0 radical (unpaired) electrons. The van der Waals surface area contributed by atoms with E-state index in [9.17, 15) is 4.79 Å². The number of aromatic amines is 1. The Balaban J connectivity index is 2.24. The summed E-state index contributed by atoms with van der Waals surface area (Å²) in [7, 11) is 0. The Morgan fingerprint density at radius 3 is 2.94 bits per heavy atom. The molecule has 0 saturated carbocycles. The average molecular weight is 236 g/mol. The first-order valence-electron chi connectivity index (χ1n) is 4.40. The topological polar surface area (TPSA) is 88.5 Å². The molecule has 16 heavy (non-hydrogen) atoms. The Labute approximate surface area is 95.5 Å². The first kappa shape index (κ1) is 10.4. The molecular formula is C8H8N6OS. The molecule has 2 rings (SSSR count). The third-order valence-corrected chi connectivity index (χ3v) is 2.12. The predicted octanol–water partition coefficient (Wildman–Crippen LogP) is 0.423. The van der Waals surface area contributed by atoms with Gasteiger partial charge in [0.1, 0.15) is 11.5 Å². The quantitative estimate of drug-likeness (QED) is 0.738. The van der Waals surface area contributed by atoms with Gasteiger partial charge in [-0.05, 0) is 19.1 Å². The zero-order chi connectivity index (χ0) is 11.5. The summed E-state index contributed by atoms with van der Waals surface area (Å²) in [5.74, 6) is 0.163. The van der Waals surface area contributed by atoms with E-state index in [1.165, 1.54) is 23.3 Å². The highest BCUT2D eigenvalue weighted by Gasteiger charge is 2.09. The molecule has 8 heteroatoms. The van der Waals surface area contributed by atoms with Crippen LogP contribution in [0.1, 0.15) is 16.3 Å². The Morgan fingerprint density at radius 1 is 1.56 bits per heavy atom. The lowest BCUT2D eigenvalue weighted by Crippen LogP contribution is -2.24. The molecule has 2 N–H and O–H groups in total. The Bertz CT molecular complexity index is 559. The van der Waals surface area contributed by atoms with Crippen molar-refractivity contribution in [2.45, 2.75) is 6.92 Å². The fraction of sp³-hybridized carbons (Fsp3) is 0.125. The number of hydrogen-bond acceptors (Lipinski definition) is 5. The average Bonchev–Trinajstić information content (AvgIpc) is 2.62. The minimum atomic E-state index is -0.395. The maximum Gasteiger partial charge on any atom is 0.290 e. The first-order chi connectivity index (χ1) is 7.68. The van der Waals surface area contributed by atoms with E-state index in [1.54, 1.807) is 6.92 Å². The molecule has 0 spiro atoms. The molecule has 0 aliphatic carbocycles. The van der Waals surface area contributed by atoms with Crippen LogP contribution < -0.4 is 5.43 Å². The van der Waals surface area contributed by atoms with Crippen LogP contribution in [0.25, 0.3) is 0 Å². The number of hydrogen-bond donors (Lipinski definition) is 2. The summed E-state index contributed by atoms with van der Waals surface area (Å²) in [4.78, 5) is 19.4. The molecular weight excluding hydrogens is 228 g/mol. The van der Waals surface area contributed by atoms with Gasteiger partial charge in [-0.2, -0.15) is 5.10 Å². The number of H-pyrrole nitrogens is 1. The highest BCUT2D eigenvalue weighted by Crippen LogP contribution is 1.95. The van der Waals surface area contributed by atoms with Crippen LogP contribution in [0.5, 0.6) is 0 Å². The van der Waals surface area contributed by atoms with Gasteiger partial charge in [-0.25, -0.2) is 9.66 Å². The van der Waals surface area contributed by atoms with Crippen molar-refractivity contribution in [3.05, 3.63) is 34.9 Å². The summed E-state index contributed by atoms with van der Waals surface area (Å²) >= 11 is 4.94. The van der Waals surface area contributed by atoms with Crippen LogP contribution >= 0.6 is 12.2 Å². The smallest absolute Gasteiger partial charge is 0.266 e. The molecule has 0 aliphatic rings. The zero-order valence-electron chi connectivity index (χ0n) is 8.34. The van der Waals surface area contributed by atoms with Crippen LogP contribution in [0.15, 0.2) is 18.6 Å². The van der Waals surface area contributed by atoms with Gasteiger partial charge < -0.3 is 0 Å². The second-order valence-electron chi connectivity index (χ2n) is 2.94. The third-order valence-electron chi connectivity index (χ3n) is 1.85. The largest absolute Gasteiger partial charge is 0.290 e. The molecule has 0 bridgehead atoms.